The van der Waals surface area contributed by atoms with E-state index in [1.54, 1.807) is 53.4 Å². The molecule has 0 fully saturated rings. The number of benzene rings is 3. The first kappa shape index (κ1) is 17.3. The van der Waals surface area contributed by atoms with Gasteiger partial charge in [0.1, 0.15) is 0 Å². The van der Waals surface area contributed by atoms with Crippen molar-refractivity contribution in [2.45, 2.75) is 6.42 Å². The Morgan fingerprint density at radius 2 is 1.52 bits per heavy atom. The summed E-state index contributed by atoms with van der Waals surface area (Å²) in [6.07, 6.45) is 0.872. The van der Waals surface area contributed by atoms with Crippen LogP contribution < -0.4 is 10.2 Å². The van der Waals surface area contributed by atoms with Crippen molar-refractivity contribution in [3.63, 3.8) is 0 Å². The van der Waals surface area contributed by atoms with Gasteiger partial charge in [0.25, 0.3) is 11.8 Å². The van der Waals surface area contributed by atoms with Crippen molar-refractivity contribution in [2.75, 3.05) is 16.8 Å². The normalized spacial score (nSPS) is 12.6. The molecule has 0 spiro atoms. The molecular weight excluding hydrogens is 360 g/mol. The summed E-state index contributed by atoms with van der Waals surface area (Å²) in [5, 5.41) is 3.40. The van der Waals surface area contributed by atoms with Gasteiger partial charge in [-0.25, -0.2) is 0 Å². The minimum Gasteiger partial charge on any atom is -0.322 e. The third kappa shape index (κ3) is 3.57. The number of amides is 2. The SMILES string of the molecule is O=C(Nc1ccc(C(=O)N2CCc3ccccc32)cc1)c1ccc(Cl)cc1. The quantitative estimate of drug-likeness (QED) is 0.714. The summed E-state index contributed by atoms with van der Waals surface area (Å²) in [7, 11) is 0. The van der Waals surface area contributed by atoms with Crippen LogP contribution in [0.25, 0.3) is 0 Å². The maximum absolute atomic E-state index is 12.8. The van der Waals surface area contributed by atoms with Crippen molar-refractivity contribution in [2.24, 2.45) is 0 Å². The summed E-state index contributed by atoms with van der Waals surface area (Å²) in [6.45, 7) is 0.688. The predicted octanol–water partition coefficient (Wildman–Crippen LogP) is 4.80. The van der Waals surface area contributed by atoms with Gasteiger partial charge >= 0.3 is 0 Å². The zero-order valence-corrected chi connectivity index (χ0v) is 15.2. The number of carbonyl (C=O) groups excluding carboxylic acids is 2. The molecule has 4 rings (SSSR count). The fourth-order valence-corrected chi connectivity index (χ4v) is 3.33. The van der Waals surface area contributed by atoms with Gasteiger partial charge in [0, 0.05) is 34.1 Å². The van der Waals surface area contributed by atoms with Gasteiger partial charge in [0.15, 0.2) is 0 Å². The van der Waals surface area contributed by atoms with Crippen molar-refractivity contribution < 1.29 is 9.59 Å². The molecule has 0 saturated heterocycles. The highest BCUT2D eigenvalue weighted by atomic mass is 35.5. The van der Waals surface area contributed by atoms with Crippen molar-refractivity contribution >= 4 is 34.8 Å². The number of anilines is 2. The summed E-state index contributed by atoms with van der Waals surface area (Å²) in [5.41, 5.74) is 3.91. The lowest BCUT2D eigenvalue weighted by Crippen LogP contribution is -2.28. The van der Waals surface area contributed by atoms with E-state index in [2.05, 4.69) is 11.4 Å². The summed E-state index contributed by atoms with van der Waals surface area (Å²) in [5.74, 6) is -0.255. The third-order valence-electron chi connectivity index (χ3n) is 4.63. The van der Waals surface area contributed by atoms with E-state index in [0.717, 1.165) is 12.1 Å². The van der Waals surface area contributed by atoms with Gasteiger partial charge in [0.2, 0.25) is 0 Å². The van der Waals surface area contributed by atoms with Gasteiger partial charge in [-0.1, -0.05) is 29.8 Å². The molecule has 134 valence electrons. The number of fused-ring (bicyclic) bond motifs is 1. The molecule has 2 amide bonds. The lowest BCUT2D eigenvalue weighted by atomic mass is 10.1. The van der Waals surface area contributed by atoms with Crippen LogP contribution in [0.4, 0.5) is 11.4 Å². The molecule has 3 aromatic carbocycles. The Kier molecular flexibility index (Phi) is 4.65. The lowest BCUT2D eigenvalue weighted by Gasteiger charge is -2.17. The Bertz CT molecular complexity index is 998. The van der Waals surface area contributed by atoms with Crippen LogP contribution in [0.1, 0.15) is 26.3 Å². The van der Waals surface area contributed by atoms with Crippen LogP contribution in [0.5, 0.6) is 0 Å². The number of hydrogen-bond donors (Lipinski definition) is 1. The van der Waals surface area contributed by atoms with E-state index in [0.29, 0.717) is 28.4 Å². The highest BCUT2D eigenvalue weighted by Crippen LogP contribution is 2.29. The van der Waals surface area contributed by atoms with Crippen LogP contribution in [0.2, 0.25) is 5.02 Å². The summed E-state index contributed by atoms with van der Waals surface area (Å²) >= 11 is 5.84. The maximum atomic E-state index is 12.8. The van der Waals surface area contributed by atoms with E-state index in [1.165, 1.54) is 5.56 Å². The summed E-state index contributed by atoms with van der Waals surface area (Å²) in [4.78, 5) is 26.9. The van der Waals surface area contributed by atoms with Gasteiger partial charge in [-0.15, -0.1) is 0 Å². The Hall–Kier alpha value is -3.11. The first-order chi connectivity index (χ1) is 13.1. The van der Waals surface area contributed by atoms with E-state index < -0.39 is 0 Å². The number of hydrogen-bond acceptors (Lipinski definition) is 2. The smallest absolute Gasteiger partial charge is 0.258 e. The van der Waals surface area contributed by atoms with Crippen molar-refractivity contribution in [3.05, 3.63) is 94.5 Å². The van der Waals surface area contributed by atoms with Crippen LogP contribution >= 0.6 is 11.6 Å². The molecule has 27 heavy (non-hydrogen) atoms. The molecule has 1 N–H and O–H groups in total. The zero-order valence-electron chi connectivity index (χ0n) is 14.5. The van der Waals surface area contributed by atoms with Gasteiger partial charge in [-0.3, -0.25) is 9.59 Å². The second kappa shape index (κ2) is 7.25. The molecule has 0 bridgehead atoms. The molecule has 0 saturated carbocycles. The molecule has 0 atom stereocenters. The number of nitrogens with zero attached hydrogens (tertiary/aromatic N) is 1. The standard InChI is InChI=1S/C22H17ClN2O2/c23-18-9-5-16(6-10-18)21(26)24-19-11-7-17(8-12-19)22(27)25-14-13-15-3-1-2-4-20(15)25/h1-12H,13-14H2,(H,24,26). The van der Waals surface area contributed by atoms with Crippen LogP contribution in [0, 0.1) is 0 Å². The average Bonchev–Trinajstić information content (AvgIpc) is 3.12. The number of para-hydroxylation sites is 1. The third-order valence-corrected chi connectivity index (χ3v) is 4.88. The molecule has 4 nitrogen and oxygen atoms in total. The fraction of sp³-hybridized carbons (Fsp3) is 0.0909. The van der Waals surface area contributed by atoms with Crippen LogP contribution in [0.3, 0.4) is 0 Å². The highest BCUT2D eigenvalue weighted by Gasteiger charge is 2.24. The average molecular weight is 377 g/mol. The molecule has 0 radical (unpaired) electrons. The molecule has 3 aromatic rings. The number of halogens is 1. The molecule has 1 aliphatic rings. The molecule has 0 unspecified atom stereocenters. The Labute approximate surface area is 162 Å². The monoisotopic (exact) mass is 376 g/mol. The topological polar surface area (TPSA) is 49.4 Å². The van der Waals surface area contributed by atoms with Crippen LogP contribution in [-0.2, 0) is 6.42 Å². The molecular formula is C22H17ClN2O2. The van der Waals surface area contributed by atoms with Crippen molar-refractivity contribution in [1.29, 1.82) is 0 Å². The van der Waals surface area contributed by atoms with E-state index in [4.69, 9.17) is 11.6 Å². The summed E-state index contributed by atoms with van der Waals surface area (Å²) < 4.78 is 0. The van der Waals surface area contributed by atoms with E-state index in [1.807, 2.05) is 18.2 Å². The second-order valence-corrected chi connectivity index (χ2v) is 6.81. The largest absolute Gasteiger partial charge is 0.322 e. The Morgan fingerprint density at radius 1 is 0.852 bits per heavy atom. The van der Waals surface area contributed by atoms with E-state index >= 15 is 0 Å². The minimum atomic E-state index is -0.223. The van der Waals surface area contributed by atoms with Crippen molar-refractivity contribution in [1.82, 2.24) is 0 Å². The van der Waals surface area contributed by atoms with Gasteiger partial charge in [-0.05, 0) is 66.6 Å². The Morgan fingerprint density at radius 3 is 2.26 bits per heavy atom. The van der Waals surface area contributed by atoms with E-state index in [-0.39, 0.29) is 11.8 Å². The molecule has 1 aliphatic heterocycles. The zero-order chi connectivity index (χ0) is 18.8. The molecule has 1 heterocycles. The van der Waals surface area contributed by atoms with Gasteiger partial charge < -0.3 is 10.2 Å². The second-order valence-electron chi connectivity index (χ2n) is 6.37. The number of carbonyl (C=O) groups is 2. The Balaban J connectivity index is 1.47. The first-order valence-corrected chi connectivity index (χ1v) is 9.06. The maximum Gasteiger partial charge on any atom is 0.258 e. The molecule has 0 aromatic heterocycles. The predicted molar refractivity (Wildman–Crippen MR) is 108 cm³/mol. The number of nitrogens with one attached hydrogen (secondary N) is 1. The highest BCUT2D eigenvalue weighted by molar-refractivity contribution is 6.30. The first-order valence-electron chi connectivity index (χ1n) is 8.68. The minimum absolute atomic E-state index is 0.0319. The van der Waals surface area contributed by atoms with Gasteiger partial charge in [0.05, 0.1) is 0 Å². The van der Waals surface area contributed by atoms with E-state index in [9.17, 15) is 9.59 Å². The van der Waals surface area contributed by atoms with Gasteiger partial charge in [-0.2, -0.15) is 0 Å². The fourth-order valence-electron chi connectivity index (χ4n) is 3.21. The number of rotatable bonds is 3. The van der Waals surface area contributed by atoms with Crippen LogP contribution in [0.15, 0.2) is 72.8 Å². The lowest BCUT2D eigenvalue weighted by molar-refractivity contribution is 0.0988. The van der Waals surface area contributed by atoms with Crippen molar-refractivity contribution in [3.8, 4) is 0 Å². The molecule has 0 aliphatic carbocycles. The molecule has 5 heteroatoms. The van der Waals surface area contributed by atoms with Crippen LogP contribution in [-0.4, -0.2) is 18.4 Å². The summed E-state index contributed by atoms with van der Waals surface area (Å²) in [6, 6.07) is 21.6.